The molecule has 0 aliphatic heterocycles. The lowest BCUT2D eigenvalue weighted by molar-refractivity contribution is -0.116. The second-order valence-electron chi connectivity index (χ2n) is 5.81. The fourth-order valence-electron chi connectivity index (χ4n) is 2.33. The molecule has 0 radical (unpaired) electrons. The molecule has 1 rings (SSSR count). The first-order chi connectivity index (χ1) is 11.1. The number of aromatic hydroxyl groups is 1. The molecule has 3 nitrogen and oxygen atoms in total. The van der Waals surface area contributed by atoms with Gasteiger partial charge in [-0.1, -0.05) is 57.9 Å². The minimum Gasteiger partial charge on any atom is -0.505 e. The molecule has 1 aromatic rings. The van der Waals surface area contributed by atoms with Crippen LogP contribution < -0.4 is 5.32 Å². The molecular weight excluding hydrogens is 293 g/mol. The highest BCUT2D eigenvalue weighted by Gasteiger charge is 2.00. The molecule has 0 saturated carbocycles. The van der Waals surface area contributed by atoms with Crippen molar-refractivity contribution in [2.24, 2.45) is 0 Å². The van der Waals surface area contributed by atoms with Gasteiger partial charge in [-0.3, -0.25) is 4.79 Å². The van der Waals surface area contributed by atoms with Crippen LogP contribution in [0.3, 0.4) is 0 Å². The Morgan fingerprint density at radius 2 is 1.78 bits per heavy atom. The number of hydrogen-bond acceptors (Lipinski definition) is 2. The van der Waals surface area contributed by atoms with E-state index in [1.165, 1.54) is 62.8 Å². The summed E-state index contributed by atoms with van der Waals surface area (Å²) in [6.07, 6.45) is 12.8. The molecule has 0 unspecified atom stereocenters. The van der Waals surface area contributed by atoms with Crippen molar-refractivity contribution in [1.82, 2.24) is 5.32 Å². The Morgan fingerprint density at radius 3 is 2.43 bits per heavy atom. The standard InChI is InChI=1S/C19H28FNO2/c1-2-3-4-5-6-7-8-9-14-21-19(23)13-11-16-10-12-18(22)17(20)15-16/h10-13,15,22H,2-9,14H2,1H3,(H,21,23). The van der Waals surface area contributed by atoms with E-state index in [0.717, 1.165) is 12.8 Å². The number of rotatable bonds is 11. The highest BCUT2D eigenvalue weighted by atomic mass is 19.1. The Morgan fingerprint density at radius 1 is 1.13 bits per heavy atom. The molecule has 4 heteroatoms. The fourth-order valence-corrected chi connectivity index (χ4v) is 2.33. The van der Waals surface area contributed by atoms with E-state index in [-0.39, 0.29) is 11.7 Å². The highest BCUT2D eigenvalue weighted by molar-refractivity contribution is 5.91. The molecule has 0 fully saturated rings. The van der Waals surface area contributed by atoms with Gasteiger partial charge in [-0.15, -0.1) is 0 Å². The van der Waals surface area contributed by atoms with Gasteiger partial charge >= 0.3 is 0 Å². The monoisotopic (exact) mass is 321 g/mol. The lowest BCUT2D eigenvalue weighted by Crippen LogP contribution is -2.21. The molecule has 23 heavy (non-hydrogen) atoms. The average molecular weight is 321 g/mol. The van der Waals surface area contributed by atoms with Crippen LogP contribution in [0.4, 0.5) is 4.39 Å². The Kier molecular flexibility index (Phi) is 9.76. The summed E-state index contributed by atoms with van der Waals surface area (Å²) >= 11 is 0. The maximum Gasteiger partial charge on any atom is 0.243 e. The maximum absolute atomic E-state index is 13.1. The summed E-state index contributed by atoms with van der Waals surface area (Å²) in [5.41, 5.74) is 0.544. The molecule has 2 N–H and O–H groups in total. The van der Waals surface area contributed by atoms with Gasteiger partial charge in [0.15, 0.2) is 11.6 Å². The number of amides is 1. The van der Waals surface area contributed by atoms with Crippen LogP contribution in [0.25, 0.3) is 6.08 Å². The molecule has 0 spiro atoms. The zero-order chi connectivity index (χ0) is 16.9. The molecule has 0 bridgehead atoms. The summed E-state index contributed by atoms with van der Waals surface area (Å²) in [4.78, 5) is 11.6. The number of phenols is 1. The number of nitrogens with one attached hydrogen (secondary N) is 1. The van der Waals surface area contributed by atoms with Gasteiger partial charge in [0.05, 0.1) is 0 Å². The highest BCUT2D eigenvalue weighted by Crippen LogP contribution is 2.16. The Bertz CT molecular complexity index is 500. The van der Waals surface area contributed by atoms with Crippen molar-refractivity contribution >= 4 is 12.0 Å². The third-order valence-electron chi connectivity index (χ3n) is 3.73. The van der Waals surface area contributed by atoms with E-state index >= 15 is 0 Å². The molecule has 0 aliphatic carbocycles. The summed E-state index contributed by atoms with van der Waals surface area (Å²) in [6, 6.07) is 4.02. The van der Waals surface area contributed by atoms with E-state index in [2.05, 4.69) is 12.2 Å². The summed E-state index contributed by atoms with van der Waals surface area (Å²) in [6.45, 7) is 2.89. The molecule has 1 aromatic carbocycles. The van der Waals surface area contributed by atoms with Crippen LogP contribution >= 0.6 is 0 Å². The molecule has 1 amide bonds. The van der Waals surface area contributed by atoms with Crippen LogP contribution in [0, 0.1) is 5.82 Å². The average Bonchev–Trinajstić information content (AvgIpc) is 2.54. The summed E-state index contributed by atoms with van der Waals surface area (Å²) in [5, 5.41) is 11.9. The van der Waals surface area contributed by atoms with Crippen LogP contribution in [0.5, 0.6) is 5.75 Å². The largest absolute Gasteiger partial charge is 0.505 e. The topological polar surface area (TPSA) is 49.3 Å². The Balaban J connectivity index is 2.10. The third-order valence-corrected chi connectivity index (χ3v) is 3.73. The van der Waals surface area contributed by atoms with Crippen molar-refractivity contribution in [3.8, 4) is 5.75 Å². The molecule has 0 saturated heterocycles. The third kappa shape index (κ3) is 9.01. The lowest BCUT2D eigenvalue weighted by Gasteiger charge is -2.03. The Labute approximate surface area is 138 Å². The minimum absolute atomic E-state index is 0.179. The normalized spacial score (nSPS) is 11.0. The maximum atomic E-state index is 13.1. The van der Waals surface area contributed by atoms with E-state index in [4.69, 9.17) is 5.11 Å². The van der Waals surface area contributed by atoms with Crippen LogP contribution in [0.15, 0.2) is 24.3 Å². The molecule has 0 heterocycles. The van der Waals surface area contributed by atoms with Crippen LogP contribution in [0.2, 0.25) is 0 Å². The van der Waals surface area contributed by atoms with Crippen molar-refractivity contribution in [2.45, 2.75) is 58.3 Å². The number of carbonyl (C=O) groups excluding carboxylic acids is 1. The van der Waals surface area contributed by atoms with E-state index in [1.54, 1.807) is 6.07 Å². The van der Waals surface area contributed by atoms with Crippen molar-refractivity contribution in [3.05, 3.63) is 35.7 Å². The van der Waals surface area contributed by atoms with Crippen LogP contribution in [-0.2, 0) is 4.79 Å². The summed E-state index contributed by atoms with van der Waals surface area (Å²) in [5.74, 6) is -1.26. The van der Waals surface area contributed by atoms with Crippen LogP contribution in [0.1, 0.15) is 63.9 Å². The van der Waals surface area contributed by atoms with Gasteiger partial charge in [0.1, 0.15) is 0 Å². The molecule has 0 atom stereocenters. The second-order valence-corrected chi connectivity index (χ2v) is 5.81. The van der Waals surface area contributed by atoms with E-state index in [1.807, 2.05) is 0 Å². The fraction of sp³-hybridized carbons (Fsp3) is 0.526. The number of phenolic OH excluding ortho intramolecular Hbond substituents is 1. The van der Waals surface area contributed by atoms with Gasteiger partial charge in [-0.25, -0.2) is 4.39 Å². The Hall–Kier alpha value is -1.84. The first kappa shape index (κ1) is 19.2. The molecular formula is C19H28FNO2. The predicted octanol–water partition coefficient (Wildman–Crippen LogP) is 4.80. The zero-order valence-corrected chi connectivity index (χ0v) is 14.0. The van der Waals surface area contributed by atoms with E-state index in [9.17, 15) is 9.18 Å². The van der Waals surface area contributed by atoms with Gasteiger partial charge in [-0.2, -0.15) is 0 Å². The van der Waals surface area contributed by atoms with E-state index < -0.39 is 5.82 Å². The van der Waals surface area contributed by atoms with Crippen LogP contribution in [-0.4, -0.2) is 17.6 Å². The molecule has 0 aliphatic rings. The van der Waals surface area contributed by atoms with Crippen molar-refractivity contribution in [3.63, 3.8) is 0 Å². The first-order valence-electron chi connectivity index (χ1n) is 8.58. The number of halogens is 1. The predicted molar refractivity (Wildman–Crippen MR) is 92.7 cm³/mol. The molecule has 0 aromatic heterocycles. The molecule has 128 valence electrons. The zero-order valence-electron chi connectivity index (χ0n) is 14.0. The van der Waals surface area contributed by atoms with E-state index in [0.29, 0.717) is 12.1 Å². The lowest BCUT2D eigenvalue weighted by atomic mass is 10.1. The van der Waals surface area contributed by atoms with Crippen molar-refractivity contribution in [1.29, 1.82) is 0 Å². The van der Waals surface area contributed by atoms with Crippen molar-refractivity contribution < 1.29 is 14.3 Å². The van der Waals surface area contributed by atoms with Gasteiger partial charge in [0.2, 0.25) is 5.91 Å². The van der Waals surface area contributed by atoms with Gasteiger partial charge in [0, 0.05) is 12.6 Å². The first-order valence-corrected chi connectivity index (χ1v) is 8.58. The number of unbranched alkanes of at least 4 members (excludes halogenated alkanes) is 7. The van der Waals surface area contributed by atoms with Gasteiger partial charge in [0.25, 0.3) is 0 Å². The smallest absolute Gasteiger partial charge is 0.243 e. The minimum atomic E-state index is -0.688. The SMILES string of the molecule is CCCCCCCCCCNC(=O)C=Cc1ccc(O)c(F)c1. The van der Waals surface area contributed by atoms with Gasteiger partial charge in [-0.05, 0) is 30.2 Å². The van der Waals surface area contributed by atoms with Gasteiger partial charge < -0.3 is 10.4 Å². The second kappa shape index (κ2) is 11.7. The summed E-state index contributed by atoms with van der Waals surface area (Å²) in [7, 11) is 0. The summed E-state index contributed by atoms with van der Waals surface area (Å²) < 4.78 is 13.1. The number of hydrogen-bond donors (Lipinski definition) is 2. The van der Waals surface area contributed by atoms with Crippen molar-refractivity contribution in [2.75, 3.05) is 6.54 Å². The quantitative estimate of drug-likeness (QED) is 0.454. The number of carbonyl (C=O) groups is 1. The number of benzene rings is 1.